The van der Waals surface area contributed by atoms with Gasteiger partial charge in [0.2, 0.25) is 0 Å². The molecule has 0 aromatic heterocycles. The van der Waals surface area contributed by atoms with Crippen LogP contribution in [0.5, 0.6) is 0 Å². The molecule has 1 atom stereocenters. The zero-order valence-corrected chi connectivity index (χ0v) is 15.5. The van der Waals surface area contributed by atoms with Crippen molar-refractivity contribution < 1.29 is 19.1 Å². The zero-order chi connectivity index (χ0) is 18.7. The molecule has 5 nitrogen and oxygen atoms in total. The van der Waals surface area contributed by atoms with E-state index in [-0.39, 0.29) is 6.04 Å². The maximum absolute atomic E-state index is 12.2. The van der Waals surface area contributed by atoms with Crippen molar-refractivity contribution in [1.82, 2.24) is 4.90 Å². The monoisotopic (exact) mass is 355 g/mol. The second kappa shape index (κ2) is 7.46. The first-order chi connectivity index (χ1) is 12.5. The van der Waals surface area contributed by atoms with Gasteiger partial charge in [-0.15, -0.1) is 0 Å². The molecule has 3 rings (SSSR count). The lowest BCUT2D eigenvalue weighted by Gasteiger charge is -2.40. The number of fused-ring (bicyclic) bond motifs is 1. The molecule has 1 heterocycles. The Labute approximate surface area is 153 Å². The number of hydrogen-bond donors (Lipinski definition) is 0. The number of piperidine rings is 1. The maximum Gasteiger partial charge on any atom is 0.323 e. The molecule has 2 aromatic carbocycles. The molecule has 1 fully saturated rings. The number of hydrogen-bond acceptors (Lipinski definition) is 5. The average molecular weight is 355 g/mol. The normalized spacial score (nSPS) is 18.3. The lowest BCUT2D eigenvalue weighted by molar-refractivity contribution is -0.173. The minimum Gasteiger partial charge on any atom is -0.468 e. The van der Waals surface area contributed by atoms with E-state index >= 15 is 0 Å². The van der Waals surface area contributed by atoms with Crippen LogP contribution in [-0.4, -0.2) is 44.1 Å². The maximum atomic E-state index is 12.2. The van der Waals surface area contributed by atoms with E-state index in [9.17, 15) is 9.59 Å². The SMILES string of the molecule is COC(=O)C1(C(=O)OC)CCN([C@@H](C)c2ccc3ccccc3c2)CC1. The van der Waals surface area contributed by atoms with Gasteiger partial charge in [0.25, 0.3) is 0 Å². The number of rotatable bonds is 4. The number of esters is 2. The van der Waals surface area contributed by atoms with Crippen molar-refractivity contribution in [1.29, 1.82) is 0 Å². The van der Waals surface area contributed by atoms with Crippen molar-refractivity contribution in [2.45, 2.75) is 25.8 Å². The topological polar surface area (TPSA) is 55.8 Å². The van der Waals surface area contributed by atoms with E-state index in [1.807, 2.05) is 12.1 Å². The van der Waals surface area contributed by atoms with Crippen LogP contribution in [0, 0.1) is 5.41 Å². The number of nitrogens with zero attached hydrogens (tertiary/aromatic N) is 1. The average Bonchev–Trinajstić information content (AvgIpc) is 2.71. The summed E-state index contributed by atoms with van der Waals surface area (Å²) in [6.45, 7) is 3.43. The summed E-state index contributed by atoms with van der Waals surface area (Å²) in [5.41, 5.74) is 0.0515. The fraction of sp³-hybridized carbons (Fsp3) is 0.429. The highest BCUT2D eigenvalue weighted by Crippen LogP contribution is 2.37. The van der Waals surface area contributed by atoms with Crippen LogP contribution in [0.1, 0.15) is 31.4 Å². The molecule has 0 saturated carbocycles. The van der Waals surface area contributed by atoms with E-state index in [0.29, 0.717) is 25.9 Å². The summed E-state index contributed by atoms with van der Waals surface area (Å²) >= 11 is 0. The molecule has 2 aromatic rings. The van der Waals surface area contributed by atoms with Gasteiger partial charge in [-0.05, 0) is 42.2 Å². The van der Waals surface area contributed by atoms with Gasteiger partial charge >= 0.3 is 11.9 Å². The molecule has 0 radical (unpaired) electrons. The van der Waals surface area contributed by atoms with Crippen molar-refractivity contribution in [3.63, 3.8) is 0 Å². The Balaban J connectivity index is 1.77. The highest BCUT2D eigenvalue weighted by Gasteiger charge is 2.50. The summed E-state index contributed by atoms with van der Waals surface area (Å²) in [4.78, 5) is 26.8. The van der Waals surface area contributed by atoms with E-state index in [1.165, 1.54) is 30.6 Å². The van der Waals surface area contributed by atoms with Gasteiger partial charge in [-0.3, -0.25) is 14.5 Å². The van der Waals surface area contributed by atoms with Crippen LogP contribution in [0.2, 0.25) is 0 Å². The number of carbonyl (C=O) groups is 2. The van der Waals surface area contributed by atoms with Gasteiger partial charge in [-0.1, -0.05) is 36.4 Å². The third kappa shape index (κ3) is 3.19. The van der Waals surface area contributed by atoms with Gasteiger partial charge < -0.3 is 9.47 Å². The lowest BCUT2D eigenvalue weighted by Crippen LogP contribution is -2.50. The molecule has 0 spiro atoms. The van der Waals surface area contributed by atoms with Crippen LogP contribution >= 0.6 is 0 Å². The minimum absolute atomic E-state index is 0.202. The summed E-state index contributed by atoms with van der Waals surface area (Å²) in [6, 6.07) is 15.0. The molecule has 1 saturated heterocycles. The van der Waals surface area contributed by atoms with Crippen molar-refractivity contribution in [3.8, 4) is 0 Å². The highest BCUT2D eigenvalue weighted by molar-refractivity contribution is 6.00. The molecule has 0 bridgehead atoms. The first kappa shape index (κ1) is 18.4. The van der Waals surface area contributed by atoms with E-state index in [1.54, 1.807) is 0 Å². The van der Waals surface area contributed by atoms with E-state index < -0.39 is 17.4 Å². The Kier molecular flexibility index (Phi) is 5.28. The second-order valence-electron chi connectivity index (χ2n) is 6.88. The van der Waals surface area contributed by atoms with Crippen molar-refractivity contribution in [2.75, 3.05) is 27.3 Å². The van der Waals surface area contributed by atoms with Crippen LogP contribution in [0.3, 0.4) is 0 Å². The number of methoxy groups -OCH3 is 2. The molecular formula is C21H25NO4. The number of ether oxygens (including phenoxy) is 2. The van der Waals surface area contributed by atoms with Gasteiger partial charge in [0.05, 0.1) is 14.2 Å². The summed E-state index contributed by atoms with van der Waals surface area (Å²) in [5, 5.41) is 2.44. The van der Waals surface area contributed by atoms with E-state index in [0.717, 1.165) is 0 Å². The standard InChI is InChI=1S/C21H25NO4/c1-15(17-9-8-16-6-4-5-7-18(16)14-17)22-12-10-21(11-13-22,19(23)25-2)20(24)26-3/h4-9,14-15H,10-13H2,1-3H3/t15-/m0/s1. The first-order valence-corrected chi connectivity index (χ1v) is 8.91. The molecule has 0 unspecified atom stereocenters. The lowest BCUT2D eigenvalue weighted by atomic mass is 9.77. The van der Waals surface area contributed by atoms with Crippen molar-refractivity contribution >= 4 is 22.7 Å². The Morgan fingerprint density at radius 1 is 0.962 bits per heavy atom. The highest BCUT2D eigenvalue weighted by atomic mass is 16.5. The van der Waals surface area contributed by atoms with Crippen LogP contribution < -0.4 is 0 Å². The fourth-order valence-corrected chi connectivity index (χ4v) is 3.85. The van der Waals surface area contributed by atoms with Crippen LogP contribution in [0.4, 0.5) is 0 Å². The minimum atomic E-state index is -1.18. The fourth-order valence-electron chi connectivity index (χ4n) is 3.85. The number of benzene rings is 2. The molecule has 1 aliphatic heterocycles. The quantitative estimate of drug-likeness (QED) is 0.622. The number of likely N-dealkylation sites (tertiary alicyclic amines) is 1. The molecule has 1 aliphatic rings. The van der Waals surface area contributed by atoms with Gasteiger partial charge in [0.15, 0.2) is 5.41 Å². The number of carbonyl (C=O) groups excluding carboxylic acids is 2. The zero-order valence-electron chi connectivity index (χ0n) is 15.5. The Hall–Kier alpha value is -2.40. The third-order valence-electron chi connectivity index (χ3n) is 5.61. The molecule has 0 N–H and O–H groups in total. The molecule has 26 heavy (non-hydrogen) atoms. The molecular weight excluding hydrogens is 330 g/mol. The molecule has 138 valence electrons. The smallest absolute Gasteiger partial charge is 0.323 e. The molecule has 5 heteroatoms. The van der Waals surface area contributed by atoms with E-state index in [4.69, 9.17) is 9.47 Å². The summed E-state index contributed by atoms with van der Waals surface area (Å²) in [7, 11) is 2.63. The Morgan fingerprint density at radius 3 is 2.12 bits per heavy atom. The van der Waals surface area contributed by atoms with Crippen molar-refractivity contribution in [3.05, 3.63) is 48.0 Å². The van der Waals surface area contributed by atoms with E-state index in [2.05, 4.69) is 42.2 Å². The Morgan fingerprint density at radius 2 is 1.54 bits per heavy atom. The molecule has 0 aliphatic carbocycles. The van der Waals surface area contributed by atoms with Gasteiger partial charge in [-0.2, -0.15) is 0 Å². The van der Waals surface area contributed by atoms with Gasteiger partial charge in [-0.25, -0.2) is 0 Å². The molecule has 0 amide bonds. The second-order valence-corrected chi connectivity index (χ2v) is 6.88. The first-order valence-electron chi connectivity index (χ1n) is 8.91. The van der Waals surface area contributed by atoms with Gasteiger partial charge in [0.1, 0.15) is 0 Å². The van der Waals surface area contributed by atoms with Crippen molar-refractivity contribution in [2.24, 2.45) is 5.41 Å². The van der Waals surface area contributed by atoms with Crippen LogP contribution in [0.25, 0.3) is 10.8 Å². The van der Waals surface area contributed by atoms with Gasteiger partial charge in [0, 0.05) is 19.1 Å². The summed E-state index contributed by atoms with van der Waals surface area (Å²) in [5.74, 6) is -0.996. The predicted octanol–water partition coefficient (Wildman–Crippen LogP) is 3.33. The summed E-state index contributed by atoms with van der Waals surface area (Å²) in [6.07, 6.45) is 0.814. The van der Waals surface area contributed by atoms with Crippen LogP contribution in [-0.2, 0) is 19.1 Å². The predicted molar refractivity (Wildman–Crippen MR) is 99.6 cm³/mol. The van der Waals surface area contributed by atoms with Crippen LogP contribution in [0.15, 0.2) is 42.5 Å². The third-order valence-corrected chi connectivity index (χ3v) is 5.61. The Bertz CT molecular complexity index is 791. The summed E-state index contributed by atoms with van der Waals surface area (Å²) < 4.78 is 9.77. The largest absolute Gasteiger partial charge is 0.468 e.